The number of hydrogen-bond acceptors (Lipinski definition) is 3. The third kappa shape index (κ3) is 7.00. The minimum atomic E-state index is -0.293. The van der Waals surface area contributed by atoms with E-state index in [2.05, 4.69) is 22.6 Å². The maximum absolute atomic E-state index is 11.9. The topological polar surface area (TPSA) is 35.5 Å². The summed E-state index contributed by atoms with van der Waals surface area (Å²) in [5.41, 5.74) is 2.00. The summed E-state index contributed by atoms with van der Waals surface area (Å²) in [6, 6.07) is 15.0. The standard InChI is InChI=1S/C21H22ClIO3/c1-2-25-21(24)15-17(5-3-4-14-23)16-6-10-19(11-7-16)26-20-12-8-18(22)9-13-20/h6-13,15H,2-5,14H2,1H3/b17-15-. The molecule has 0 saturated heterocycles. The summed E-state index contributed by atoms with van der Waals surface area (Å²) < 4.78 is 12.0. The molecule has 26 heavy (non-hydrogen) atoms. The van der Waals surface area contributed by atoms with E-state index in [4.69, 9.17) is 21.1 Å². The van der Waals surface area contributed by atoms with E-state index in [0.29, 0.717) is 11.6 Å². The summed E-state index contributed by atoms with van der Waals surface area (Å²) in [6.45, 7) is 2.19. The molecule has 0 fully saturated rings. The van der Waals surface area contributed by atoms with Crippen LogP contribution in [-0.4, -0.2) is 17.0 Å². The van der Waals surface area contributed by atoms with Gasteiger partial charge in [-0.1, -0.05) is 46.3 Å². The molecule has 0 aromatic heterocycles. The normalized spacial score (nSPS) is 11.3. The molecule has 0 saturated carbocycles. The number of alkyl halides is 1. The molecule has 2 aromatic carbocycles. The molecule has 0 unspecified atom stereocenters. The van der Waals surface area contributed by atoms with E-state index in [1.807, 2.05) is 43.3 Å². The maximum atomic E-state index is 11.9. The lowest BCUT2D eigenvalue weighted by molar-refractivity contribution is -0.137. The molecular formula is C21H22ClIO3. The van der Waals surface area contributed by atoms with Gasteiger partial charge >= 0.3 is 5.97 Å². The van der Waals surface area contributed by atoms with E-state index in [0.717, 1.165) is 46.3 Å². The quantitative estimate of drug-likeness (QED) is 0.131. The van der Waals surface area contributed by atoms with Crippen LogP contribution < -0.4 is 4.74 Å². The lowest BCUT2D eigenvalue weighted by Gasteiger charge is -2.10. The van der Waals surface area contributed by atoms with Crippen molar-refractivity contribution < 1.29 is 14.3 Å². The van der Waals surface area contributed by atoms with Crippen LogP contribution >= 0.6 is 34.2 Å². The molecule has 2 aromatic rings. The van der Waals surface area contributed by atoms with Gasteiger partial charge in [0.05, 0.1) is 6.61 Å². The average molecular weight is 485 g/mol. The average Bonchev–Trinajstić information content (AvgIpc) is 2.64. The molecule has 2 rings (SSSR count). The number of ether oxygens (including phenoxy) is 2. The lowest BCUT2D eigenvalue weighted by Crippen LogP contribution is -2.01. The molecule has 138 valence electrons. The Morgan fingerprint density at radius 1 is 1.04 bits per heavy atom. The van der Waals surface area contributed by atoms with Gasteiger partial charge in [0, 0.05) is 11.1 Å². The Bertz CT molecular complexity index is 724. The fourth-order valence-corrected chi connectivity index (χ4v) is 3.08. The molecule has 5 heteroatoms. The van der Waals surface area contributed by atoms with Crippen molar-refractivity contribution in [2.24, 2.45) is 0 Å². The van der Waals surface area contributed by atoms with Gasteiger partial charge in [0.2, 0.25) is 0 Å². The fraction of sp³-hybridized carbons (Fsp3) is 0.286. The summed E-state index contributed by atoms with van der Waals surface area (Å²) in [5.74, 6) is 1.17. The summed E-state index contributed by atoms with van der Waals surface area (Å²) in [4.78, 5) is 11.9. The van der Waals surface area contributed by atoms with E-state index in [-0.39, 0.29) is 5.97 Å². The van der Waals surface area contributed by atoms with Gasteiger partial charge in [-0.2, -0.15) is 0 Å². The summed E-state index contributed by atoms with van der Waals surface area (Å²) in [7, 11) is 0. The highest BCUT2D eigenvalue weighted by atomic mass is 127. The first kappa shape index (κ1) is 20.8. The third-order valence-electron chi connectivity index (χ3n) is 3.68. The first-order valence-corrected chi connectivity index (χ1v) is 10.5. The van der Waals surface area contributed by atoms with Gasteiger partial charge in [-0.25, -0.2) is 4.79 Å². The molecule has 0 aliphatic carbocycles. The maximum Gasteiger partial charge on any atom is 0.331 e. The van der Waals surface area contributed by atoms with E-state index < -0.39 is 0 Å². The molecule has 0 bridgehead atoms. The second-order valence-corrected chi connectivity index (χ2v) is 7.16. The number of allylic oxidation sites excluding steroid dienone is 1. The zero-order chi connectivity index (χ0) is 18.8. The number of benzene rings is 2. The van der Waals surface area contributed by atoms with Crippen molar-refractivity contribution in [1.82, 2.24) is 0 Å². The Kier molecular flexibility index (Phi) is 8.98. The second kappa shape index (κ2) is 11.2. The van der Waals surface area contributed by atoms with Crippen LogP contribution in [-0.2, 0) is 9.53 Å². The highest BCUT2D eigenvalue weighted by Gasteiger charge is 2.07. The lowest BCUT2D eigenvalue weighted by atomic mass is 10.00. The van der Waals surface area contributed by atoms with Gasteiger partial charge in [-0.3, -0.25) is 0 Å². The van der Waals surface area contributed by atoms with Crippen LogP contribution in [0.3, 0.4) is 0 Å². The van der Waals surface area contributed by atoms with Gasteiger partial charge in [-0.05, 0) is 78.1 Å². The molecular weight excluding hydrogens is 463 g/mol. The van der Waals surface area contributed by atoms with Gasteiger partial charge in [0.25, 0.3) is 0 Å². The highest BCUT2D eigenvalue weighted by molar-refractivity contribution is 14.1. The largest absolute Gasteiger partial charge is 0.463 e. The van der Waals surface area contributed by atoms with Crippen LogP contribution in [0.5, 0.6) is 11.5 Å². The van der Waals surface area contributed by atoms with Crippen LogP contribution in [0.4, 0.5) is 0 Å². The fourth-order valence-electron chi connectivity index (χ4n) is 2.41. The number of carbonyl (C=O) groups excluding carboxylic acids is 1. The van der Waals surface area contributed by atoms with Crippen molar-refractivity contribution in [2.45, 2.75) is 26.2 Å². The zero-order valence-corrected chi connectivity index (χ0v) is 17.6. The van der Waals surface area contributed by atoms with E-state index in [1.165, 1.54) is 0 Å². The number of esters is 1. The number of rotatable bonds is 9. The first-order chi connectivity index (χ1) is 12.6. The monoisotopic (exact) mass is 484 g/mol. The predicted octanol–water partition coefficient (Wildman–Crippen LogP) is 6.68. The molecule has 3 nitrogen and oxygen atoms in total. The molecule has 0 spiro atoms. The smallest absolute Gasteiger partial charge is 0.331 e. The van der Waals surface area contributed by atoms with Gasteiger partial charge in [-0.15, -0.1) is 0 Å². The van der Waals surface area contributed by atoms with Crippen molar-refractivity contribution in [3.63, 3.8) is 0 Å². The summed E-state index contributed by atoms with van der Waals surface area (Å²) >= 11 is 8.25. The molecule has 0 aliphatic heterocycles. The molecule has 0 radical (unpaired) electrons. The van der Waals surface area contributed by atoms with Gasteiger partial charge in [0.15, 0.2) is 0 Å². The first-order valence-electron chi connectivity index (χ1n) is 8.59. The molecule has 0 amide bonds. The van der Waals surface area contributed by atoms with Gasteiger partial charge < -0.3 is 9.47 Å². The van der Waals surface area contributed by atoms with Crippen LogP contribution in [0.1, 0.15) is 31.7 Å². The molecule has 0 heterocycles. The van der Waals surface area contributed by atoms with Crippen molar-refractivity contribution in [3.05, 3.63) is 65.2 Å². The van der Waals surface area contributed by atoms with Crippen molar-refractivity contribution in [3.8, 4) is 11.5 Å². The Morgan fingerprint density at radius 2 is 1.65 bits per heavy atom. The van der Waals surface area contributed by atoms with E-state index in [9.17, 15) is 4.79 Å². The van der Waals surface area contributed by atoms with Crippen LogP contribution in [0.15, 0.2) is 54.6 Å². The van der Waals surface area contributed by atoms with Crippen LogP contribution in [0, 0.1) is 0 Å². The third-order valence-corrected chi connectivity index (χ3v) is 4.70. The number of carbonyl (C=O) groups is 1. The van der Waals surface area contributed by atoms with Crippen molar-refractivity contribution in [2.75, 3.05) is 11.0 Å². The Labute approximate surface area is 173 Å². The SMILES string of the molecule is CCOC(=O)/C=C(/CCCCI)c1ccc(Oc2ccc(Cl)cc2)cc1. The van der Waals surface area contributed by atoms with Crippen LogP contribution in [0.2, 0.25) is 5.02 Å². The minimum Gasteiger partial charge on any atom is -0.463 e. The van der Waals surface area contributed by atoms with E-state index in [1.54, 1.807) is 18.2 Å². The summed E-state index contributed by atoms with van der Waals surface area (Å²) in [5, 5.41) is 0.674. The Morgan fingerprint density at radius 3 is 2.23 bits per heavy atom. The Balaban J connectivity index is 2.12. The highest BCUT2D eigenvalue weighted by Crippen LogP contribution is 2.27. The second-order valence-electron chi connectivity index (χ2n) is 5.65. The van der Waals surface area contributed by atoms with Crippen molar-refractivity contribution >= 4 is 45.7 Å². The zero-order valence-electron chi connectivity index (χ0n) is 14.7. The predicted molar refractivity (Wildman–Crippen MR) is 115 cm³/mol. The number of unbranched alkanes of at least 4 members (excludes halogenated alkanes) is 1. The van der Waals surface area contributed by atoms with E-state index >= 15 is 0 Å². The molecule has 0 atom stereocenters. The molecule has 0 N–H and O–H groups in total. The minimum absolute atomic E-state index is 0.293. The van der Waals surface area contributed by atoms with Crippen LogP contribution in [0.25, 0.3) is 5.57 Å². The molecule has 0 aliphatic rings. The number of halogens is 2. The Hall–Kier alpha value is -1.53. The number of hydrogen-bond donors (Lipinski definition) is 0. The summed E-state index contributed by atoms with van der Waals surface area (Å²) in [6.07, 6.45) is 4.61. The van der Waals surface area contributed by atoms with Gasteiger partial charge in [0.1, 0.15) is 11.5 Å². The van der Waals surface area contributed by atoms with Crippen molar-refractivity contribution in [1.29, 1.82) is 0 Å².